The van der Waals surface area contributed by atoms with Crippen LogP contribution in [0.3, 0.4) is 0 Å². The Bertz CT molecular complexity index is 844. The van der Waals surface area contributed by atoms with E-state index in [0.29, 0.717) is 17.3 Å². The van der Waals surface area contributed by atoms with E-state index in [9.17, 15) is 0 Å². The molecule has 0 saturated heterocycles. The highest BCUT2D eigenvalue weighted by Crippen LogP contribution is 2.28. The van der Waals surface area contributed by atoms with Crippen LogP contribution >= 0.6 is 11.5 Å². The molecule has 3 aromatic rings. The number of fused-ring (bicyclic) bond motifs is 1. The summed E-state index contributed by atoms with van der Waals surface area (Å²) in [6.45, 7) is 1.96. The van der Waals surface area contributed by atoms with E-state index in [-0.39, 0.29) is 6.10 Å². The Morgan fingerprint density at radius 2 is 2.08 bits per heavy atom. The molecule has 1 aliphatic carbocycles. The van der Waals surface area contributed by atoms with Crippen LogP contribution in [-0.4, -0.2) is 25.4 Å². The first kappa shape index (κ1) is 15.3. The average Bonchev–Trinajstić information content (AvgIpc) is 3.01. The van der Waals surface area contributed by atoms with E-state index in [1.807, 2.05) is 25.1 Å². The fraction of sp³-hybridized carbons (Fsp3) is 0.412. The summed E-state index contributed by atoms with van der Waals surface area (Å²) in [5.74, 6) is 1.08. The standard InChI is InChI=1S/C17H19N5OS/c1-11-10-14(24-22-11)20-17-19-13-8-5-9-18-15(13)16(21-17)23-12-6-3-2-4-7-12/h5,8-10,12H,2-4,6-7H2,1H3,(H,19,20,21). The van der Waals surface area contributed by atoms with Crippen LogP contribution in [0.4, 0.5) is 10.9 Å². The molecule has 3 aromatic heterocycles. The van der Waals surface area contributed by atoms with Gasteiger partial charge in [-0.05, 0) is 62.3 Å². The number of rotatable bonds is 4. The third-order valence-electron chi connectivity index (χ3n) is 4.12. The molecule has 3 heterocycles. The lowest BCUT2D eigenvalue weighted by molar-refractivity contribution is 0.150. The van der Waals surface area contributed by atoms with Crippen molar-refractivity contribution in [2.45, 2.75) is 45.1 Å². The van der Waals surface area contributed by atoms with Crippen LogP contribution in [0, 0.1) is 6.92 Å². The number of aromatic nitrogens is 4. The van der Waals surface area contributed by atoms with Gasteiger partial charge < -0.3 is 10.1 Å². The Morgan fingerprint density at radius 3 is 2.88 bits per heavy atom. The van der Waals surface area contributed by atoms with Crippen LogP contribution in [0.5, 0.6) is 5.88 Å². The predicted molar refractivity (Wildman–Crippen MR) is 95.0 cm³/mol. The Morgan fingerprint density at radius 1 is 1.21 bits per heavy atom. The Balaban J connectivity index is 1.67. The Hall–Kier alpha value is -2.28. The molecule has 0 aliphatic heterocycles. The molecule has 24 heavy (non-hydrogen) atoms. The van der Waals surface area contributed by atoms with Crippen LogP contribution in [-0.2, 0) is 0 Å². The molecule has 0 atom stereocenters. The van der Waals surface area contributed by atoms with E-state index in [1.54, 1.807) is 6.20 Å². The van der Waals surface area contributed by atoms with Crippen LogP contribution in [0.15, 0.2) is 24.4 Å². The van der Waals surface area contributed by atoms with Gasteiger partial charge in [0, 0.05) is 6.20 Å². The van der Waals surface area contributed by atoms with Gasteiger partial charge in [-0.15, -0.1) is 0 Å². The van der Waals surface area contributed by atoms with Gasteiger partial charge in [0.05, 0.1) is 11.2 Å². The number of nitrogens with one attached hydrogen (secondary N) is 1. The van der Waals surface area contributed by atoms with Crippen LogP contribution in [0.25, 0.3) is 11.0 Å². The molecule has 1 N–H and O–H groups in total. The van der Waals surface area contributed by atoms with Crippen molar-refractivity contribution in [1.29, 1.82) is 0 Å². The van der Waals surface area contributed by atoms with Gasteiger partial charge in [0.1, 0.15) is 11.1 Å². The van der Waals surface area contributed by atoms with Gasteiger partial charge in [0.25, 0.3) is 0 Å². The maximum Gasteiger partial charge on any atom is 0.245 e. The lowest BCUT2D eigenvalue weighted by atomic mass is 9.98. The maximum atomic E-state index is 6.19. The molecule has 0 spiro atoms. The molecule has 0 unspecified atom stereocenters. The molecule has 6 nitrogen and oxygen atoms in total. The third-order valence-corrected chi connectivity index (χ3v) is 4.91. The normalized spacial score (nSPS) is 15.5. The summed E-state index contributed by atoms with van der Waals surface area (Å²) in [6.07, 6.45) is 7.85. The Kier molecular flexibility index (Phi) is 4.25. The SMILES string of the molecule is Cc1cc(Nc2nc(OC3CCCCC3)c3ncccc3n2)sn1. The van der Waals surface area contributed by atoms with Crippen LogP contribution < -0.4 is 10.1 Å². The first-order chi connectivity index (χ1) is 11.8. The zero-order chi connectivity index (χ0) is 16.4. The summed E-state index contributed by atoms with van der Waals surface area (Å²) in [4.78, 5) is 13.5. The summed E-state index contributed by atoms with van der Waals surface area (Å²) in [6, 6.07) is 5.78. The van der Waals surface area contributed by atoms with Crippen molar-refractivity contribution in [3.63, 3.8) is 0 Å². The largest absolute Gasteiger partial charge is 0.473 e. The minimum Gasteiger partial charge on any atom is -0.473 e. The second-order valence-electron chi connectivity index (χ2n) is 6.06. The molecule has 0 aromatic carbocycles. The zero-order valence-corrected chi connectivity index (χ0v) is 14.3. The molecule has 1 aliphatic rings. The summed E-state index contributed by atoms with van der Waals surface area (Å²) >= 11 is 1.39. The zero-order valence-electron chi connectivity index (χ0n) is 13.5. The quantitative estimate of drug-likeness (QED) is 0.765. The van der Waals surface area contributed by atoms with Gasteiger partial charge in [-0.1, -0.05) is 6.42 Å². The van der Waals surface area contributed by atoms with Crippen molar-refractivity contribution in [1.82, 2.24) is 19.3 Å². The first-order valence-corrected chi connectivity index (χ1v) is 9.05. The fourth-order valence-corrected chi connectivity index (χ4v) is 3.61. The summed E-state index contributed by atoms with van der Waals surface area (Å²) in [5.41, 5.74) is 2.47. The molecule has 1 fully saturated rings. The predicted octanol–water partition coefficient (Wildman–Crippen LogP) is 4.24. The van der Waals surface area contributed by atoms with E-state index in [0.717, 1.165) is 29.1 Å². The molecule has 0 radical (unpaired) electrons. The topological polar surface area (TPSA) is 72.8 Å². The number of nitrogens with zero attached hydrogens (tertiary/aromatic N) is 4. The summed E-state index contributed by atoms with van der Waals surface area (Å²) in [7, 11) is 0. The number of hydrogen-bond donors (Lipinski definition) is 1. The number of hydrogen-bond acceptors (Lipinski definition) is 7. The van der Waals surface area contributed by atoms with Crippen molar-refractivity contribution >= 4 is 33.5 Å². The summed E-state index contributed by atoms with van der Waals surface area (Å²) in [5, 5.41) is 4.14. The highest BCUT2D eigenvalue weighted by Gasteiger charge is 2.18. The van der Waals surface area contributed by atoms with Gasteiger partial charge >= 0.3 is 0 Å². The van der Waals surface area contributed by atoms with Crippen LogP contribution in [0.1, 0.15) is 37.8 Å². The van der Waals surface area contributed by atoms with Crippen molar-refractivity contribution < 1.29 is 4.74 Å². The van der Waals surface area contributed by atoms with E-state index in [1.165, 1.54) is 30.8 Å². The molecule has 1 saturated carbocycles. The van der Waals surface area contributed by atoms with E-state index < -0.39 is 0 Å². The minimum atomic E-state index is 0.220. The molecule has 0 amide bonds. The second kappa shape index (κ2) is 6.68. The lowest BCUT2D eigenvalue weighted by Gasteiger charge is -2.22. The fourth-order valence-electron chi connectivity index (χ4n) is 2.95. The van der Waals surface area contributed by atoms with Gasteiger partial charge in [0.2, 0.25) is 11.8 Å². The highest BCUT2D eigenvalue weighted by molar-refractivity contribution is 7.10. The average molecular weight is 341 g/mol. The molecular weight excluding hydrogens is 322 g/mol. The van der Waals surface area contributed by atoms with Crippen molar-refractivity contribution in [2.75, 3.05) is 5.32 Å². The van der Waals surface area contributed by atoms with Gasteiger partial charge in [-0.3, -0.25) is 0 Å². The molecule has 0 bridgehead atoms. The van der Waals surface area contributed by atoms with E-state index in [4.69, 9.17) is 4.74 Å². The number of anilines is 2. The van der Waals surface area contributed by atoms with Crippen LogP contribution in [0.2, 0.25) is 0 Å². The van der Waals surface area contributed by atoms with Crippen molar-refractivity contribution in [3.05, 3.63) is 30.1 Å². The maximum absolute atomic E-state index is 6.19. The second-order valence-corrected chi connectivity index (χ2v) is 6.86. The molecule has 4 rings (SSSR count). The highest BCUT2D eigenvalue weighted by atomic mass is 32.1. The van der Waals surface area contributed by atoms with Gasteiger partial charge in [-0.2, -0.15) is 9.36 Å². The number of aryl methyl sites for hydroxylation is 1. The van der Waals surface area contributed by atoms with Gasteiger partial charge in [-0.25, -0.2) is 9.97 Å². The summed E-state index contributed by atoms with van der Waals surface area (Å²) < 4.78 is 10.5. The van der Waals surface area contributed by atoms with Crippen molar-refractivity contribution in [2.24, 2.45) is 0 Å². The van der Waals surface area contributed by atoms with E-state index >= 15 is 0 Å². The first-order valence-electron chi connectivity index (χ1n) is 8.28. The Labute approximate surface area is 144 Å². The monoisotopic (exact) mass is 341 g/mol. The molecular formula is C17H19N5OS. The smallest absolute Gasteiger partial charge is 0.245 e. The van der Waals surface area contributed by atoms with Crippen molar-refractivity contribution in [3.8, 4) is 5.88 Å². The molecule has 7 heteroatoms. The molecule has 124 valence electrons. The van der Waals surface area contributed by atoms with E-state index in [2.05, 4.69) is 24.6 Å². The number of pyridine rings is 1. The minimum absolute atomic E-state index is 0.220. The van der Waals surface area contributed by atoms with Gasteiger partial charge in [0.15, 0.2) is 5.52 Å². The number of ether oxygens (including phenoxy) is 1. The lowest BCUT2D eigenvalue weighted by Crippen LogP contribution is -2.20. The third kappa shape index (κ3) is 3.31.